The zero-order valence-electron chi connectivity index (χ0n) is 3.10. The van der Waals surface area contributed by atoms with Crippen LogP contribution in [0.25, 0.3) is 0 Å². The van der Waals surface area contributed by atoms with E-state index in [1.165, 1.54) is 6.20 Å². The highest BCUT2D eigenvalue weighted by Gasteiger charge is 1.43. The van der Waals surface area contributed by atoms with Gasteiger partial charge in [0.1, 0.15) is 0 Å². The third-order valence-electron chi connectivity index (χ3n) is 0.224. The third kappa shape index (κ3) is 3.34. The number of nitrogens with zero attached hydrogens (tertiary/aromatic N) is 1. The first-order valence-electron chi connectivity index (χ1n) is 1.39. The van der Waals surface area contributed by atoms with Crippen molar-refractivity contribution in [3.63, 3.8) is 0 Å². The molecule has 0 aliphatic heterocycles. The maximum absolute atomic E-state index is 6.14. The second kappa shape index (κ2) is 3.34. The summed E-state index contributed by atoms with van der Waals surface area (Å²) < 4.78 is 0. The smallest absolute Gasteiger partial charge is 0.0446 e. The Bertz CT molecular complexity index is 46.9. The second-order valence-electron chi connectivity index (χ2n) is 0.612. The minimum absolute atomic E-state index is 1.42. The normalized spacial score (nSPS) is 9.00. The van der Waals surface area contributed by atoms with Crippen LogP contribution in [0, 0.1) is 5.53 Å². The van der Waals surface area contributed by atoms with Crippen LogP contribution in [0.3, 0.4) is 0 Å². The van der Waals surface area contributed by atoms with Crippen LogP contribution in [0.5, 0.6) is 0 Å². The number of allylic oxidation sites excluding steroid dienone is 1. The number of hydrogen-bond acceptors (Lipinski definition) is 2. The van der Waals surface area contributed by atoms with Crippen LogP contribution in [0.15, 0.2) is 17.4 Å². The topological polar surface area (TPSA) is 36.2 Å². The quantitative estimate of drug-likeness (QED) is 0.454. The lowest BCUT2D eigenvalue weighted by Crippen LogP contribution is -1.33. The third-order valence-corrected chi connectivity index (χ3v) is 0.224. The van der Waals surface area contributed by atoms with Crippen molar-refractivity contribution in [1.82, 2.24) is 0 Å². The fourth-order valence-electron chi connectivity index (χ4n) is 0.0745. The van der Waals surface area contributed by atoms with Crippen molar-refractivity contribution in [2.75, 3.05) is 0 Å². The van der Waals surface area contributed by atoms with Gasteiger partial charge in [0.2, 0.25) is 0 Å². The fraction of sp³-hybridized carbons (Fsp3) is 0.333. The van der Waals surface area contributed by atoms with Gasteiger partial charge in [0.15, 0.2) is 0 Å². The van der Waals surface area contributed by atoms with Crippen LogP contribution in [0.2, 0.25) is 0 Å². The van der Waals surface area contributed by atoms with Gasteiger partial charge in [0.25, 0.3) is 0 Å². The Labute approximate surface area is 31.0 Å². The minimum atomic E-state index is 1.42. The summed E-state index contributed by atoms with van der Waals surface area (Å²) in [6.45, 7) is 1.82. The first kappa shape index (κ1) is 4.34. The number of rotatable bonds is 1. The molecule has 0 radical (unpaired) electrons. The Kier molecular flexibility index (Phi) is 2.90. The molecule has 0 amide bonds. The van der Waals surface area contributed by atoms with Gasteiger partial charge in [-0.15, -0.1) is 0 Å². The average Bonchev–Trinajstić information content (AvgIpc) is 1.41. The van der Waals surface area contributed by atoms with Gasteiger partial charge in [-0.2, -0.15) is 5.11 Å². The van der Waals surface area contributed by atoms with Crippen LogP contribution in [-0.4, -0.2) is 0 Å². The SMILES string of the molecule is C/C=C/N=N. The Morgan fingerprint density at radius 1 is 1.80 bits per heavy atom. The number of nitrogens with one attached hydrogen (secondary N) is 1. The van der Waals surface area contributed by atoms with Crippen LogP contribution < -0.4 is 0 Å². The van der Waals surface area contributed by atoms with E-state index < -0.39 is 0 Å². The Hall–Kier alpha value is -0.660. The van der Waals surface area contributed by atoms with Gasteiger partial charge in [-0.1, -0.05) is 6.08 Å². The lowest BCUT2D eigenvalue weighted by atomic mass is 10.7. The summed E-state index contributed by atoms with van der Waals surface area (Å²) in [7, 11) is 0. The molecule has 0 aromatic carbocycles. The van der Waals surface area contributed by atoms with E-state index in [1.807, 2.05) is 6.92 Å². The maximum Gasteiger partial charge on any atom is 0.0446 e. The molecule has 0 rings (SSSR count). The first-order chi connectivity index (χ1) is 2.41. The van der Waals surface area contributed by atoms with Crippen molar-refractivity contribution in [2.45, 2.75) is 6.92 Å². The molecular formula is C3H6N2. The summed E-state index contributed by atoms with van der Waals surface area (Å²) in [6.07, 6.45) is 3.12. The van der Waals surface area contributed by atoms with Crippen LogP contribution in [-0.2, 0) is 0 Å². The molecule has 0 aromatic heterocycles. The van der Waals surface area contributed by atoms with E-state index >= 15 is 0 Å². The first-order valence-corrected chi connectivity index (χ1v) is 1.39. The van der Waals surface area contributed by atoms with Crippen molar-refractivity contribution in [3.8, 4) is 0 Å². The van der Waals surface area contributed by atoms with Gasteiger partial charge in [0, 0.05) is 6.20 Å². The molecule has 0 aliphatic carbocycles. The molecule has 0 saturated carbocycles. The van der Waals surface area contributed by atoms with Crippen LogP contribution >= 0.6 is 0 Å². The van der Waals surface area contributed by atoms with E-state index in [-0.39, 0.29) is 0 Å². The predicted octanol–water partition coefficient (Wildman–Crippen LogP) is 1.55. The van der Waals surface area contributed by atoms with Crippen molar-refractivity contribution in [3.05, 3.63) is 12.3 Å². The van der Waals surface area contributed by atoms with Crippen molar-refractivity contribution >= 4 is 0 Å². The lowest BCUT2D eigenvalue weighted by Gasteiger charge is -1.55. The predicted molar refractivity (Wildman–Crippen MR) is 20.0 cm³/mol. The molecule has 5 heavy (non-hydrogen) atoms. The molecule has 0 bridgehead atoms. The van der Waals surface area contributed by atoms with Crippen LogP contribution in [0.1, 0.15) is 6.92 Å². The van der Waals surface area contributed by atoms with Crippen molar-refractivity contribution in [1.29, 1.82) is 5.53 Å². The van der Waals surface area contributed by atoms with Crippen LogP contribution in [0.4, 0.5) is 0 Å². The zero-order chi connectivity index (χ0) is 4.12. The van der Waals surface area contributed by atoms with Gasteiger partial charge in [-0.25, -0.2) is 5.53 Å². The van der Waals surface area contributed by atoms with Gasteiger partial charge in [-0.3, -0.25) is 0 Å². The molecular weight excluding hydrogens is 64.0 g/mol. The van der Waals surface area contributed by atoms with Gasteiger partial charge in [-0.05, 0) is 6.92 Å². The summed E-state index contributed by atoms with van der Waals surface area (Å²) in [5.74, 6) is 0. The highest BCUT2D eigenvalue weighted by Crippen LogP contribution is 1.64. The summed E-state index contributed by atoms with van der Waals surface area (Å²) in [4.78, 5) is 0. The molecule has 0 unspecified atom stereocenters. The molecule has 0 fully saturated rings. The molecule has 0 heterocycles. The monoisotopic (exact) mass is 70.1 g/mol. The lowest BCUT2D eigenvalue weighted by molar-refractivity contribution is 1.14. The maximum atomic E-state index is 6.14. The number of hydrogen-bond donors (Lipinski definition) is 1. The summed E-state index contributed by atoms with van der Waals surface area (Å²) in [6, 6.07) is 0. The van der Waals surface area contributed by atoms with E-state index in [0.717, 1.165) is 0 Å². The Balaban J connectivity index is 2.92. The molecule has 0 saturated heterocycles. The summed E-state index contributed by atoms with van der Waals surface area (Å²) in [5.41, 5.74) is 6.14. The molecule has 0 aromatic rings. The molecule has 1 N–H and O–H groups in total. The Morgan fingerprint density at radius 3 is 2.40 bits per heavy atom. The Morgan fingerprint density at radius 2 is 2.40 bits per heavy atom. The largest absolute Gasteiger partial charge is 0.205 e. The van der Waals surface area contributed by atoms with E-state index in [2.05, 4.69) is 5.11 Å². The van der Waals surface area contributed by atoms with E-state index in [1.54, 1.807) is 6.08 Å². The molecule has 28 valence electrons. The van der Waals surface area contributed by atoms with E-state index in [9.17, 15) is 0 Å². The molecule has 2 nitrogen and oxygen atoms in total. The highest BCUT2D eigenvalue weighted by molar-refractivity contribution is 4.69. The average molecular weight is 70.1 g/mol. The zero-order valence-corrected chi connectivity index (χ0v) is 3.10. The van der Waals surface area contributed by atoms with Gasteiger partial charge >= 0.3 is 0 Å². The van der Waals surface area contributed by atoms with Crippen molar-refractivity contribution in [2.24, 2.45) is 5.11 Å². The van der Waals surface area contributed by atoms with Gasteiger partial charge < -0.3 is 0 Å². The second-order valence-corrected chi connectivity index (χ2v) is 0.612. The molecule has 0 spiro atoms. The summed E-state index contributed by atoms with van der Waals surface area (Å²) in [5, 5.41) is 2.92. The van der Waals surface area contributed by atoms with E-state index in [4.69, 9.17) is 5.53 Å². The minimum Gasteiger partial charge on any atom is -0.205 e. The van der Waals surface area contributed by atoms with Gasteiger partial charge in [0.05, 0.1) is 0 Å². The summed E-state index contributed by atoms with van der Waals surface area (Å²) >= 11 is 0. The standard InChI is InChI=1S/C3H6N2/c1-2-3-5-4/h2-4H,1H3/b3-2+,5-4?. The highest BCUT2D eigenvalue weighted by atomic mass is 14.9. The fourth-order valence-corrected chi connectivity index (χ4v) is 0.0745. The molecule has 2 heteroatoms. The van der Waals surface area contributed by atoms with E-state index in [0.29, 0.717) is 0 Å². The molecule has 0 aliphatic rings. The van der Waals surface area contributed by atoms with Crippen molar-refractivity contribution < 1.29 is 0 Å². The molecule has 0 atom stereocenters.